The van der Waals surface area contributed by atoms with Crippen molar-refractivity contribution in [2.45, 2.75) is 32.8 Å². The molecule has 1 N–H and O–H groups in total. The summed E-state index contributed by atoms with van der Waals surface area (Å²) in [6.07, 6.45) is 1.85. The molecule has 1 unspecified atom stereocenters. The molecule has 4 heteroatoms. The predicted octanol–water partition coefficient (Wildman–Crippen LogP) is 0.869. The number of nitrogens with one attached hydrogen (secondary N) is 1. The van der Waals surface area contributed by atoms with E-state index < -0.39 is 0 Å². The molecule has 1 aliphatic heterocycles. The summed E-state index contributed by atoms with van der Waals surface area (Å²) in [6, 6.07) is 0. The van der Waals surface area contributed by atoms with E-state index in [1.54, 1.807) is 0 Å². The van der Waals surface area contributed by atoms with Gasteiger partial charge in [-0.15, -0.1) is 0 Å². The molecule has 0 bridgehead atoms. The van der Waals surface area contributed by atoms with Crippen molar-refractivity contribution in [2.24, 2.45) is 5.92 Å². The minimum Gasteiger partial charge on any atom is -0.378 e. The third-order valence-electron chi connectivity index (χ3n) is 2.90. The molecule has 0 aliphatic carbocycles. The number of carbonyl (C=O) groups is 1. The minimum atomic E-state index is 0.211. The molecule has 0 radical (unpaired) electrons. The first-order valence-corrected chi connectivity index (χ1v) is 6.17. The van der Waals surface area contributed by atoms with Crippen molar-refractivity contribution < 1.29 is 9.53 Å². The summed E-state index contributed by atoms with van der Waals surface area (Å²) in [4.78, 5) is 13.8. The van der Waals surface area contributed by atoms with Gasteiger partial charge in [0.15, 0.2) is 0 Å². The maximum absolute atomic E-state index is 11.8. The van der Waals surface area contributed by atoms with Crippen molar-refractivity contribution in [2.75, 3.05) is 33.3 Å². The van der Waals surface area contributed by atoms with Gasteiger partial charge in [0, 0.05) is 13.1 Å². The van der Waals surface area contributed by atoms with Crippen LogP contribution in [-0.2, 0) is 9.53 Å². The van der Waals surface area contributed by atoms with E-state index >= 15 is 0 Å². The average Bonchev–Trinajstić information content (AvgIpc) is 2.66. The van der Waals surface area contributed by atoms with Crippen molar-refractivity contribution in [1.82, 2.24) is 10.2 Å². The summed E-state index contributed by atoms with van der Waals surface area (Å²) < 4.78 is 5.39. The van der Waals surface area contributed by atoms with Crippen LogP contribution in [0.5, 0.6) is 0 Å². The normalized spacial score (nSPS) is 20.8. The lowest BCUT2D eigenvalue weighted by atomic mass is 10.1. The summed E-state index contributed by atoms with van der Waals surface area (Å²) >= 11 is 0. The van der Waals surface area contributed by atoms with Crippen molar-refractivity contribution in [1.29, 1.82) is 0 Å². The summed E-state index contributed by atoms with van der Waals surface area (Å²) in [5.41, 5.74) is 0. The number of nitrogens with zero attached hydrogens (tertiary/aromatic N) is 1. The lowest BCUT2D eigenvalue weighted by Gasteiger charge is -2.17. The molecule has 0 aromatic carbocycles. The highest BCUT2D eigenvalue weighted by atomic mass is 16.5. The molecule has 0 saturated carbocycles. The number of ether oxygens (including phenoxy) is 1. The molecule has 1 amide bonds. The lowest BCUT2D eigenvalue weighted by molar-refractivity contribution is -0.131. The summed E-state index contributed by atoms with van der Waals surface area (Å²) in [5, 5.41) is 3.16. The van der Waals surface area contributed by atoms with Gasteiger partial charge in [-0.05, 0) is 39.8 Å². The topological polar surface area (TPSA) is 41.6 Å². The Morgan fingerprint density at radius 3 is 2.94 bits per heavy atom. The highest BCUT2D eigenvalue weighted by Crippen LogP contribution is 2.16. The summed E-state index contributed by atoms with van der Waals surface area (Å²) in [5.74, 6) is 0.860. The first-order valence-electron chi connectivity index (χ1n) is 6.17. The van der Waals surface area contributed by atoms with E-state index in [1.807, 2.05) is 25.8 Å². The number of carbonyl (C=O) groups excluding carboxylic acids is 1. The van der Waals surface area contributed by atoms with Gasteiger partial charge in [-0.1, -0.05) is 0 Å². The van der Waals surface area contributed by atoms with Crippen LogP contribution in [0.2, 0.25) is 0 Å². The molecular weight excluding hydrogens is 204 g/mol. The van der Waals surface area contributed by atoms with E-state index in [9.17, 15) is 4.79 Å². The highest BCUT2D eigenvalue weighted by Gasteiger charge is 2.25. The van der Waals surface area contributed by atoms with E-state index in [-0.39, 0.29) is 12.0 Å². The van der Waals surface area contributed by atoms with Gasteiger partial charge in [0.1, 0.15) is 0 Å². The highest BCUT2D eigenvalue weighted by molar-refractivity contribution is 5.76. The SMILES string of the molecule is CNCC1CCN(C(=O)CCOC(C)C)C1. The number of hydrogen-bond donors (Lipinski definition) is 1. The Kier molecular flexibility index (Phi) is 5.77. The number of rotatable bonds is 6. The number of amides is 1. The molecule has 0 aromatic rings. The van der Waals surface area contributed by atoms with E-state index in [4.69, 9.17) is 4.74 Å². The molecule has 0 aromatic heterocycles. The van der Waals surface area contributed by atoms with Crippen molar-refractivity contribution in [3.05, 3.63) is 0 Å². The Balaban J connectivity index is 2.18. The molecule has 1 fully saturated rings. The molecule has 1 saturated heterocycles. The zero-order chi connectivity index (χ0) is 12.0. The maximum atomic E-state index is 11.8. The molecule has 16 heavy (non-hydrogen) atoms. The van der Waals surface area contributed by atoms with Crippen LogP contribution in [0, 0.1) is 5.92 Å². The predicted molar refractivity (Wildman–Crippen MR) is 64.3 cm³/mol. The van der Waals surface area contributed by atoms with Crippen molar-refractivity contribution >= 4 is 5.91 Å². The van der Waals surface area contributed by atoms with Crippen LogP contribution in [0.3, 0.4) is 0 Å². The molecule has 1 aliphatic rings. The van der Waals surface area contributed by atoms with Crippen LogP contribution in [-0.4, -0.2) is 50.2 Å². The van der Waals surface area contributed by atoms with Gasteiger partial charge in [-0.25, -0.2) is 0 Å². The zero-order valence-corrected chi connectivity index (χ0v) is 10.7. The quantitative estimate of drug-likeness (QED) is 0.733. The molecule has 1 heterocycles. The van der Waals surface area contributed by atoms with E-state index in [2.05, 4.69) is 5.32 Å². The standard InChI is InChI=1S/C12H24N2O2/c1-10(2)16-7-5-12(15)14-6-4-11(9-14)8-13-3/h10-11,13H,4-9H2,1-3H3. The van der Waals surface area contributed by atoms with Crippen LogP contribution >= 0.6 is 0 Å². The van der Waals surface area contributed by atoms with Crippen LogP contribution in [0.15, 0.2) is 0 Å². The fourth-order valence-electron chi connectivity index (χ4n) is 2.05. The zero-order valence-electron chi connectivity index (χ0n) is 10.7. The van der Waals surface area contributed by atoms with E-state index in [0.29, 0.717) is 18.9 Å². The average molecular weight is 228 g/mol. The summed E-state index contributed by atoms with van der Waals surface area (Å²) in [6.45, 7) is 7.34. The Bertz CT molecular complexity index is 219. The maximum Gasteiger partial charge on any atom is 0.224 e. The molecule has 0 spiro atoms. The summed E-state index contributed by atoms with van der Waals surface area (Å²) in [7, 11) is 1.96. The van der Waals surface area contributed by atoms with Crippen molar-refractivity contribution in [3.8, 4) is 0 Å². The van der Waals surface area contributed by atoms with Gasteiger partial charge in [0.2, 0.25) is 5.91 Å². The van der Waals surface area contributed by atoms with Gasteiger partial charge in [0.25, 0.3) is 0 Å². The molecule has 4 nitrogen and oxygen atoms in total. The van der Waals surface area contributed by atoms with E-state index in [0.717, 1.165) is 26.1 Å². The second-order valence-corrected chi connectivity index (χ2v) is 4.72. The minimum absolute atomic E-state index is 0.211. The van der Waals surface area contributed by atoms with Gasteiger partial charge < -0.3 is 15.0 Å². The fraction of sp³-hybridized carbons (Fsp3) is 0.917. The van der Waals surface area contributed by atoms with Crippen LogP contribution in [0.1, 0.15) is 26.7 Å². The van der Waals surface area contributed by atoms with Gasteiger partial charge in [-0.2, -0.15) is 0 Å². The van der Waals surface area contributed by atoms with Crippen molar-refractivity contribution in [3.63, 3.8) is 0 Å². The Morgan fingerprint density at radius 2 is 2.31 bits per heavy atom. The first-order chi connectivity index (χ1) is 7.63. The Hall–Kier alpha value is -0.610. The van der Waals surface area contributed by atoms with Crippen LogP contribution in [0.25, 0.3) is 0 Å². The van der Waals surface area contributed by atoms with Gasteiger partial charge >= 0.3 is 0 Å². The monoisotopic (exact) mass is 228 g/mol. The third kappa shape index (κ3) is 4.49. The van der Waals surface area contributed by atoms with Gasteiger partial charge in [0.05, 0.1) is 19.1 Å². The molecule has 1 rings (SSSR count). The third-order valence-corrected chi connectivity index (χ3v) is 2.90. The second kappa shape index (κ2) is 6.86. The smallest absolute Gasteiger partial charge is 0.224 e. The van der Waals surface area contributed by atoms with E-state index in [1.165, 1.54) is 0 Å². The Labute approximate surface area is 98.3 Å². The van der Waals surface area contributed by atoms with Crippen LogP contribution in [0.4, 0.5) is 0 Å². The fourth-order valence-corrected chi connectivity index (χ4v) is 2.05. The Morgan fingerprint density at radius 1 is 1.56 bits per heavy atom. The molecule has 1 atom stereocenters. The number of hydrogen-bond acceptors (Lipinski definition) is 3. The lowest BCUT2D eigenvalue weighted by Crippen LogP contribution is -2.31. The first kappa shape index (κ1) is 13.5. The van der Waals surface area contributed by atoms with Gasteiger partial charge in [-0.3, -0.25) is 4.79 Å². The van der Waals surface area contributed by atoms with Crippen LogP contribution < -0.4 is 5.32 Å². The molecule has 94 valence electrons. The second-order valence-electron chi connectivity index (χ2n) is 4.72. The number of likely N-dealkylation sites (tertiary alicyclic amines) is 1. The largest absolute Gasteiger partial charge is 0.378 e. The molecular formula is C12H24N2O2.